The van der Waals surface area contributed by atoms with Crippen LogP contribution in [0.25, 0.3) is 0 Å². The SMILES string of the molecule is O=C(Cc1nnc(NC(=O)c2ccc([N+](=O)[O-])cc2[N+](=O)[O-])s1)N/N=C\c1cccc([N+](=O)[O-])c1. The van der Waals surface area contributed by atoms with E-state index in [1.165, 1.54) is 24.4 Å². The van der Waals surface area contributed by atoms with Crippen LogP contribution >= 0.6 is 11.3 Å². The fourth-order valence-corrected chi connectivity index (χ4v) is 3.32. The number of nitro groups is 3. The molecule has 3 aromatic rings. The van der Waals surface area contributed by atoms with Gasteiger partial charge in [-0.25, -0.2) is 5.43 Å². The van der Waals surface area contributed by atoms with Crippen LogP contribution in [0, 0.1) is 30.3 Å². The highest BCUT2D eigenvalue weighted by Crippen LogP contribution is 2.26. The number of amides is 2. The summed E-state index contributed by atoms with van der Waals surface area (Å²) in [6.07, 6.45) is 0.950. The molecule has 1 heterocycles. The van der Waals surface area contributed by atoms with Crippen molar-refractivity contribution in [3.05, 3.63) is 88.9 Å². The summed E-state index contributed by atoms with van der Waals surface area (Å²) in [6, 6.07) is 8.15. The average molecular weight is 500 g/mol. The molecule has 0 spiro atoms. The highest BCUT2D eigenvalue weighted by molar-refractivity contribution is 7.15. The maximum absolute atomic E-state index is 12.4. The van der Waals surface area contributed by atoms with Crippen molar-refractivity contribution in [2.45, 2.75) is 6.42 Å². The number of non-ortho nitro benzene ring substituents is 2. The standard InChI is InChI=1S/C18H12N8O8S/c27-15(21-19-9-10-2-1-3-11(6-10)24(29)30)8-16-22-23-18(35-16)20-17(28)13-5-4-12(25(31)32)7-14(13)26(33)34/h1-7,9H,8H2,(H,21,27)(H,20,23,28)/b19-9-. The third-order valence-corrected chi connectivity index (χ3v) is 4.96. The first-order valence-electron chi connectivity index (χ1n) is 9.27. The molecule has 0 atom stereocenters. The third-order valence-electron chi connectivity index (χ3n) is 4.12. The molecule has 0 saturated heterocycles. The Hall–Kier alpha value is -5.19. The Labute approximate surface area is 197 Å². The van der Waals surface area contributed by atoms with Crippen LogP contribution in [0.15, 0.2) is 47.6 Å². The quantitative estimate of drug-likeness (QED) is 0.247. The normalized spacial score (nSPS) is 10.6. The van der Waals surface area contributed by atoms with Gasteiger partial charge in [-0.3, -0.25) is 45.2 Å². The first kappa shape index (κ1) is 24.5. The number of carbonyl (C=O) groups excluding carboxylic acids is 2. The smallest absolute Gasteiger partial charge is 0.289 e. The molecule has 0 radical (unpaired) electrons. The third kappa shape index (κ3) is 6.42. The minimum atomic E-state index is -0.944. The summed E-state index contributed by atoms with van der Waals surface area (Å²) in [5.74, 6) is -1.54. The summed E-state index contributed by atoms with van der Waals surface area (Å²) < 4.78 is 0. The van der Waals surface area contributed by atoms with E-state index in [0.717, 1.165) is 23.5 Å². The van der Waals surface area contributed by atoms with Crippen LogP contribution < -0.4 is 10.7 Å². The predicted octanol–water partition coefficient (Wildman–Crippen LogP) is 2.21. The zero-order chi connectivity index (χ0) is 25.5. The number of carbonyl (C=O) groups is 2. The van der Waals surface area contributed by atoms with E-state index in [1.807, 2.05) is 0 Å². The number of hydrogen-bond donors (Lipinski definition) is 2. The highest BCUT2D eigenvalue weighted by Gasteiger charge is 2.25. The lowest BCUT2D eigenvalue weighted by Gasteiger charge is -2.02. The van der Waals surface area contributed by atoms with Crippen molar-refractivity contribution in [2.75, 3.05) is 5.32 Å². The summed E-state index contributed by atoms with van der Waals surface area (Å²) in [4.78, 5) is 54.9. The van der Waals surface area contributed by atoms with Gasteiger partial charge in [-0.15, -0.1) is 10.2 Å². The Balaban J connectivity index is 1.60. The van der Waals surface area contributed by atoms with E-state index >= 15 is 0 Å². The topological polar surface area (TPSA) is 226 Å². The van der Waals surface area contributed by atoms with E-state index in [4.69, 9.17) is 0 Å². The lowest BCUT2D eigenvalue weighted by Crippen LogP contribution is -2.19. The maximum Gasteiger partial charge on any atom is 0.289 e. The molecule has 16 nitrogen and oxygen atoms in total. The fraction of sp³-hybridized carbons (Fsp3) is 0.0556. The van der Waals surface area contributed by atoms with E-state index < -0.39 is 43.5 Å². The maximum atomic E-state index is 12.4. The Bertz CT molecular complexity index is 1370. The molecule has 0 unspecified atom stereocenters. The van der Waals surface area contributed by atoms with Gasteiger partial charge in [0.05, 0.1) is 33.5 Å². The van der Waals surface area contributed by atoms with Gasteiger partial charge in [0.2, 0.25) is 11.0 Å². The molecular weight excluding hydrogens is 488 g/mol. The number of nitro benzene ring substituents is 3. The van der Waals surface area contributed by atoms with Crippen LogP contribution in [-0.4, -0.2) is 43.0 Å². The van der Waals surface area contributed by atoms with Crippen LogP contribution in [0.3, 0.4) is 0 Å². The molecule has 0 aliphatic heterocycles. The Kier molecular flexibility index (Phi) is 7.42. The second kappa shape index (κ2) is 10.6. The number of nitrogens with one attached hydrogen (secondary N) is 2. The summed E-state index contributed by atoms with van der Waals surface area (Å²) in [5, 5.41) is 46.3. The van der Waals surface area contributed by atoms with Gasteiger partial charge in [-0.2, -0.15) is 5.10 Å². The molecule has 178 valence electrons. The van der Waals surface area contributed by atoms with Crippen LogP contribution in [0.4, 0.5) is 22.2 Å². The second-order valence-electron chi connectivity index (χ2n) is 6.49. The summed E-state index contributed by atoms with van der Waals surface area (Å²) in [7, 11) is 0. The molecule has 1 aromatic heterocycles. The number of anilines is 1. The van der Waals surface area contributed by atoms with Gasteiger partial charge in [0.1, 0.15) is 10.6 Å². The summed E-state index contributed by atoms with van der Waals surface area (Å²) in [6.45, 7) is 0. The molecule has 2 N–H and O–H groups in total. The Morgan fingerprint density at radius 3 is 2.37 bits per heavy atom. The molecule has 35 heavy (non-hydrogen) atoms. The van der Waals surface area contributed by atoms with Gasteiger partial charge in [0.25, 0.3) is 23.0 Å². The van der Waals surface area contributed by atoms with Crippen LogP contribution in [0.1, 0.15) is 20.9 Å². The number of aromatic nitrogens is 2. The second-order valence-corrected chi connectivity index (χ2v) is 7.55. The van der Waals surface area contributed by atoms with Crippen LogP contribution in [-0.2, 0) is 11.2 Å². The lowest BCUT2D eigenvalue weighted by molar-refractivity contribution is -0.394. The van der Waals surface area contributed by atoms with Crippen molar-refractivity contribution >= 4 is 51.6 Å². The van der Waals surface area contributed by atoms with Gasteiger partial charge in [-0.1, -0.05) is 23.5 Å². The van der Waals surface area contributed by atoms with E-state index in [2.05, 4.69) is 26.0 Å². The molecule has 0 saturated carbocycles. The summed E-state index contributed by atoms with van der Waals surface area (Å²) in [5.41, 5.74) is 0.737. The number of rotatable bonds is 9. The van der Waals surface area contributed by atoms with Gasteiger partial charge >= 0.3 is 0 Å². The molecule has 0 fully saturated rings. The van der Waals surface area contributed by atoms with Gasteiger partial charge in [-0.05, 0) is 6.07 Å². The van der Waals surface area contributed by atoms with E-state index in [-0.39, 0.29) is 22.2 Å². The molecule has 2 aromatic carbocycles. The van der Waals surface area contributed by atoms with Crippen LogP contribution in [0.5, 0.6) is 0 Å². The first-order valence-corrected chi connectivity index (χ1v) is 10.1. The first-order chi connectivity index (χ1) is 16.6. The molecular formula is C18H12N8O8S. The summed E-state index contributed by atoms with van der Waals surface area (Å²) >= 11 is 0.822. The highest BCUT2D eigenvalue weighted by atomic mass is 32.1. The van der Waals surface area contributed by atoms with Crippen molar-refractivity contribution < 1.29 is 24.4 Å². The number of hydrogen-bond acceptors (Lipinski definition) is 12. The van der Waals surface area contributed by atoms with Crippen molar-refractivity contribution in [1.82, 2.24) is 15.6 Å². The zero-order valence-corrected chi connectivity index (χ0v) is 18.0. The Morgan fingerprint density at radius 1 is 0.971 bits per heavy atom. The van der Waals surface area contributed by atoms with Crippen molar-refractivity contribution in [2.24, 2.45) is 5.10 Å². The van der Waals surface area contributed by atoms with Crippen molar-refractivity contribution in [3.63, 3.8) is 0 Å². The van der Waals surface area contributed by atoms with Gasteiger partial charge in [0, 0.05) is 23.8 Å². The molecule has 0 aliphatic rings. The van der Waals surface area contributed by atoms with Crippen LogP contribution in [0.2, 0.25) is 0 Å². The Morgan fingerprint density at radius 2 is 1.69 bits per heavy atom. The van der Waals surface area contributed by atoms with E-state index in [9.17, 15) is 39.9 Å². The molecule has 2 amide bonds. The number of hydrazone groups is 1. The van der Waals surface area contributed by atoms with Gasteiger partial charge < -0.3 is 0 Å². The van der Waals surface area contributed by atoms with Crippen molar-refractivity contribution in [1.29, 1.82) is 0 Å². The number of benzene rings is 2. The minimum Gasteiger partial charge on any atom is -0.296 e. The number of nitrogens with zero attached hydrogens (tertiary/aromatic N) is 6. The minimum absolute atomic E-state index is 0.0643. The molecule has 17 heteroatoms. The van der Waals surface area contributed by atoms with Crippen molar-refractivity contribution in [3.8, 4) is 0 Å². The van der Waals surface area contributed by atoms with E-state index in [1.54, 1.807) is 6.07 Å². The fourth-order valence-electron chi connectivity index (χ4n) is 2.59. The lowest BCUT2D eigenvalue weighted by atomic mass is 10.1. The van der Waals surface area contributed by atoms with E-state index in [0.29, 0.717) is 11.6 Å². The molecule has 0 bridgehead atoms. The zero-order valence-electron chi connectivity index (χ0n) is 17.2. The molecule has 3 rings (SSSR count). The predicted molar refractivity (Wildman–Crippen MR) is 120 cm³/mol. The largest absolute Gasteiger partial charge is 0.296 e. The molecule has 0 aliphatic carbocycles. The monoisotopic (exact) mass is 500 g/mol. The average Bonchev–Trinajstić information content (AvgIpc) is 3.25. The van der Waals surface area contributed by atoms with Gasteiger partial charge in [0.15, 0.2) is 0 Å².